The van der Waals surface area contributed by atoms with E-state index >= 15 is 0 Å². The first-order chi connectivity index (χ1) is 16.7. The summed E-state index contributed by atoms with van der Waals surface area (Å²) in [6, 6.07) is 0. The van der Waals surface area contributed by atoms with Gasteiger partial charge in [-0.1, -0.05) is 0 Å². The van der Waals surface area contributed by atoms with Gasteiger partial charge in [-0.15, -0.1) is 11.3 Å². The van der Waals surface area contributed by atoms with Crippen LogP contribution in [0.25, 0.3) is 21.9 Å². The van der Waals surface area contributed by atoms with Gasteiger partial charge in [-0.3, -0.25) is 9.09 Å². The van der Waals surface area contributed by atoms with E-state index in [9.17, 15) is 33.7 Å². The monoisotopic (exact) mass is 590 g/mol. The number of aliphatic hydroxyl groups is 2. The van der Waals surface area contributed by atoms with Crippen molar-refractivity contribution in [3.63, 3.8) is 0 Å². The van der Waals surface area contributed by atoms with Crippen LogP contribution < -0.4 is 5.73 Å². The Balaban J connectivity index is 1.51. The zero-order valence-corrected chi connectivity index (χ0v) is 20.9. The number of nitrogens with two attached hydrogens (primary N) is 1. The highest BCUT2D eigenvalue weighted by atomic mass is 32.1. The van der Waals surface area contributed by atoms with Gasteiger partial charge < -0.3 is 40.3 Å². The topological polar surface area (TPSA) is 292 Å². The molecule has 0 radical (unpaired) electrons. The molecule has 0 aromatic carbocycles. The molecule has 0 bridgehead atoms. The zero-order chi connectivity index (χ0) is 26.5. The second-order valence-electron chi connectivity index (χ2n) is 7.02. The van der Waals surface area contributed by atoms with Crippen LogP contribution in [0.2, 0.25) is 0 Å². The lowest BCUT2D eigenvalue weighted by atomic mass is 10.1. The fourth-order valence-corrected chi connectivity index (χ4v) is 6.83. The van der Waals surface area contributed by atoms with Gasteiger partial charge in [0.2, 0.25) is 5.95 Å². The first-order valence-corrected chi connectivity index (χ1v) is 14.8. The van der Waals surface area contributed by atoms with Crippen LogP contribution in [-0.4, -0.2) is 79.2 Å². The lowest BCUT2D eigenvalue weighted by Crippen LogP contribution is -2.33. The molecule has 1 aliphatic heterocycles. The zero-order valence-electron chi connectivity index (χ0n) is 17.4. The predicted molar refractivity (Wildman–Crippen MR) is 117 cm³/mol. The molecule has 0 spiro atoms. The number of nitrogen functional groups attached to an aromatic ring is 1. The number of anilines is 1. The lowest BCUT2D eigenvalue weighted by Gasteiger charge is -2.19. The van der Waals surface area contributed by atoms with Crippen LogP contribution in [0.1, 0.15) is 6.23 Å². The third kappa shape index (κ3) is 6.04. The van der Waals surface area contributed by atoms with Crippen molar-refractivity contribution < 1.29 is 61.4 Å². The number of imidazole rings is 1. The first kappa shape index (κ1) is 27.3. The van der Waals surface area contributed by atoms with Gasteiger partial charge in [0.25, 0.3) is 0 Å². The maximum absolute atomic E-state index is 11.9. The summed E-state index contributed by atoms with van der Waals surface area (Å²) in [5.41, 5.74) is 6.47. The minimum Gasteiger partial charge on any atom is -0.387 e. The summed E-state index contributed by atoms with van der Waals surface area (Å²) in [5, 5.41) is 23.0. The average molecular weight is 590 g/mol. The molecule has 23 heteroatoms. The van der Waals surface area contributed by atoms with Crippen LogP contribution in [0.3, 0.4) is 0 Å². The molecule has 6 atom stereocenters. The highest BCUT2D eigenvalue weighted by Gasteiger charge is 2.47. The molecule has 0 saturated carbocycles. The molecule has 4 heterocycles. The van der Waals surface area contributed by atoms with Crippen molar-refractivity contribution in [2.75, 3.05) is 12.3 Å². The molecule has 1 saturated heterocycles. The number of aromatic nitrogens is 5. The van der Waals surface area contributed by atoms with E-state index in [1.165, 1.54) is 22.2 Å². The fourth-order valence-electron chi connectivity index (χ4n) is 3.18. The Morgan fingerprint density at radius 3 is 2.42 bits per heavy atom. The van der Waals surface area contributed by atoms with Crippen molar-refractivity contribution in [2.45, 2.75) is 24.5 Å². The van der Waals surface area contributed by atoms with E-state index in [1.807, 2.05) is 0 Å². The molecule has 8 N–H and O–H groups in total. The number of fused-ring (bicyclic) bond motifs is 1. The summed E-state index contributed by atoms with van der Waals surface area (Å²) < 4.78 is 52.5. The van der Waals surface area contributed by atoms with Crippen LogP contribution in [-0.2, 0) is 31.6 Å². The number of phosphoric ester groups is 1. The molecule has 4 rings (SSSR count). The Kier molecular flexibility index (Phi) is 7.48. The molecule has 3 aromatic heterocycles. The lowest BCUT2D eigenvalue weighted by molar-refractivity contribution is -0.0503. The number of phosphoric acid groups is 3. The number of rotatable bonds is 9. The summed E-state index contributed by atoms with van der Waals surface area (Å²) in [6.45, 7) is -0.980. The smallest absolute Gasteiger partial charge is 0.387 e. The van der Waals surface area contributed by atoms with Crippen LogP contribution in [0, 0.1) is 0 Å². The van der Waals surface area contributed by atoms with Gasteiger partial charge in [-0.2, -0.15) is 13.6 Å². The molecular weight excluding hydrogens is 573 g/mol. The average Bonchev–Trinajstić information content (AvgIpc) is 3.45. The molecule has 1 fully saturated rings. The quantitative estimate of drug-likeness (QED) is 0.154. The molecule has 3 aromatic rings. The maximum Gasteiger partial charge on any atom is 0.490 e. The van der Waals surface area contributed by atoms with Crippen molar-refractivity contribution in [1.29, 1.82) is 0 Å². The normalized spacial score (nSPS) is 26.2. The molecule has 19 nitrogen and oxygen atoms in total. The van der Waals surface area contributed by atoms with Crippen molar-refractivity contribution in [3.8, 4) is 10.7 Å². The highest BCUT2D eigenvalue weighted by Crippen LogP contribution is 2.66. The van der Waals surface area contributed by atoms with E-state index in [4.69, 9.17) is 20.3 Å². The van der Waals surface area contributed by atoms with E-state index < -0.39 is 54.6 Å². The molecule has 0 amide bonds. The van der Waals surface area contributed by atoms with Gasteiger partial charge in [-0.25, -0.2) is 28.6 Å². The molecule has 198 valence electrons. The van der Waals surface area contributed by atoms with Gasteiger partial charge in [0.1, 0.15) is 34.5 Å². The molecule has 2 unspecified atom stereocenters. The van der Waals surface area contributed by atoms with Gasteiger partial charge in [0.15, 0.2) is 11.9 Å². The van der Waals surface area contributed by atoms with Gasteiger partial charge in [0, 0.05) is 11.6 Å². The summed E-state index contributed by atoms with van der Waals surface area (Å²) in [6.07, 6.45) is -3.43. The van der Waals surface area contributed by atoms with E-state index in [1.54, 1.807) is 11.6 Å². The van der Waals surface area contributed by atoms with E-state index in [-0.39, 0.29) is 17.1 Å². The molecule has 36 heavy (non-hydrogen) atoms. The minimum absolute atomic E-state index is 0.109. The summed E-state index contributed by atoms with van der Waals surface area (Å²) >= 11 is 1.26. The third-order valence-corrected chi connectivity index (χ3v) is 9.09. The molecule has 0 aliphatic carbocycles. The maximum atomic E-state index is 11.9. The van der Waals surface area contributed by atoms with Crippen LogP contribution >= 0.6 is 34.8 Å². The number of nitrogens with zero attached hydrogens (tertiary/aromatic N) is 5. The first-order valence-electron chi connectivity index (χ1n) is 9.36. The molecular formula is C13H17N6O13P3S. The fraction of sp³-hybridized carbons (Fsp3) is 0.385. The Morgan fingerprint density at radius 2 is 1.78 bits per heavy atom. The number of thiazole rings is 1. The largest absolute Gasteiger partial charge is 0.490 e. The SMILES string of the molecule is Nc1nc(-c2nccs2)c2ncn([C@H]3O[C@H](COP(=O)(O)OP(=O)(O)OP(=O)(O)O)[C@@H](O)[C@H]3O)c2n1. The van der Waals surface area contributed by atoms with E-state index in [0.29, 0.717) is 10.7 Å². The van der Waals surface area contributed by atoms with Gasteiger partial charge >= 0.3 is 23.5 Å². The standard InChI is InChI=1S/C13H17N6O13P3S/c14-13-17-7(11-15-1-2-36-11)6-10(18-13)19(4-16-6)12-9(21)8(20)5(30-12)3-29-34(25,26)32-35(27,28)31-33(22,23)24/h1-2,4-5,8-9,12,20-21H,3H2,(H,25,26)(H,27,28)(H2,14,17,18)(H2,22,23,24)/t5-,8-,9-,12+/m1/s1. The van der Waals surface area contributed by atoms with Crippen LogP contribution in [0.15, 0.2) is 17.9 Å². The number of ether oxygens (including phenoxy) is 1. The second-order valence-corrected chi connectivity index (χ2v) is 12.3. The molecule has 1 aliphatic rings. The van der Waals surface area contributed by atoms with Gasteiger partial charge in [0.05, 0.1) is 12.9 Å². The Hall–Kier alpha value is -1.73. The highest BCUT2D eigenvalue weighted by molar-refractivity contribution is 7.66. The number of hydrogen-bond acceptors (Lipinski definition) is 15. The van der Waals surface area contributed by atoms with E-state index in [2.05, 4.69) is 33.1 Å². The Labute approximate surface area is 203 Å². The van der Waals surface area contributed by atoms with Crippen LogP contribution in [0.5, 0.6) is 0 Å². The Bertz CT molecular complexity index is 1400. The number of hydrogen-bond donors (Lipinski definition) is 7. The van der Waals surface area contributed by atoms with Crippen LogP contribution in [0.4, 0.5) is 5.95 Å². The predicted octanol–water partition coefficient (Wildman–Crippen LogP) is -0.506. The number of aliphatic hydroxyl groups excluding tert-OH is 2. The van der Waals surface area contributed by atoms with E-state index in [0.717, 1.165) is 0 Å². The third-order valence-electron chi connectivity index (χ3n) is 4.50. The van der Waals surface area contributed by atoms with Crippen molar-refractivity contribution in [1.82, 2.24) is 24.5 Å². The van der Waals surface area contributed by atoms with Crippen molar-refractivity contribution in [3.05, 3.63) is 17.9 Å². The van der Waals surface area contributed by atoms with Gasteiger partial charge in [-0.05, 0) is 0 Å². The Morgan fingerprint density at radius 1 is 1.06 bits per heavy atom. The summed E-state index contributed by atoms with van der Waals surface area (Å²) in [5.74, 6) is -0.147. The second kappa shape index (κ2) is 9.86. The van der Waals surface area contributed by atoms with Crippen molar-refractivity contribution >= 4 is 51.9 Å². The van der Waals surface area contributed by atoms with Crippen molar-refractivity contribution in [2.24, 2.45) is 0 Å². The summed E-state index contributed by atoms with van der Waals surface area (Å²) in [7, 11) is -16.8. The summed E-state index contributed by atoms with van der Waals surface area (Å²) in [4.78, 5) is 52.5. The minimum atomic E-state index is -5.73.